The predicted molar refractivity (Wildman–Crippen MR) is 98.1 cm³/mol. The van der Waals surface area contributed by atoms with E-state index in [0.717, 1.165) is 22.1 Å². The molecule has 3 rings (SSSR count). The van der Waals surface area contributed by atoms with Crippen LogP contribution in [0.5, 0.6) is 0 Å². The number of nitrogens with zero attached hydrogens (tertiary/aromatic N) is 1. The number of carbonyl (C=O) groups excluding carboxylic acids is 2. The Morgan fingerprint density at radius 2 is 1.80 bits per heavy atom. The first-order chi connectivity index (χ1) is 12.0. The first-order valence-corrected chi connectivity index (χ1v) is 8.03. The Balaban J connectivity index is 1.67. The molecule has 1 heterocycles. The van der Waals surface area contributed by atoms with Crippen molar-refractivity contribution in [3.8, 4) is 0 Å². The number of nitrogens with one attached hydrogen (secondary N) is 2. The third-order valence-electron chi connectivity index (χ3n) is 4.02. The number of carbonyl (C=O) groups is 2. The predicted octanol–water partition coefficient (Wildman–Crippen LogP) is 3.11. The number of amides is 2. The molecule has 0 aliphatic carbocycles. The third kappa shape index (κ3) is 3.83. The number of pyridine rings is 1. The number of benzene rings is 2. The van der Waals surface area contributed by atoms with Gasteiger partial charge >= 0.3 is 11.8 Å². The third-order valence-corrected chi connectivity index (χ3v) is 4.02. The lowest BCUT2D eigenvalue weighted by Gasteiger charge is -2.10. The van der Waals surface area contributed by atoms with Crippen LogP contribution in [0.2, 0.25) is 0 Å². The van der Waals surface area contributed by atoms with E-state index >= 15 is 0 Å². The molecule has 2 amide bonds. The summed E-state index contributed by atoms with van der Waals surface area (Å²) >= 11 is 0. The monoisotopic (exact) mass is 333 g/mol. The molecule has 0 radical (unpaired) electrons. The molecule has 0 aliphatic heterocycles. The highest BCUT2D eigenvalue weighted by Gasteiger charge is 2.15. The number of rotatable bonds is 3. The maximum absolute atomic E-state index is 12.2. The van der Waals surface area contributed by atoms with Crippen LogP contribution in [0.15, 0.2) is 54.7 Å². The lowest BCUT2D eigenvalue weighted by atomic mass is 10.1. The molecule has 2 N–H and O–H groups in total. The second-order valence-electron chi connectivity index (χ2n) is 5.95. The molecule has 3 aromatic rings. The number of hydrogen-bond donors (Lipinski definition) is 2. The van der Waals surface area contributed by atoms with E-state index in [1.807, 2.05) is 56.3 Å². The van der Waals surface area contributed by atoms with Crippen LogP contribution in [0.4, 0.5) is 5.69 Å². The summed E-state index contributed by atoms with van der Waals surface area (Å²) in [7, 11) is 0. The van der Waals surface area contributed by atoms with Crippen LogP contribution in [0.25, 0.3) is 10.9 Å². The fourth-order valence-electron chi connectivity index (χ4n) is 2.68. The quantitative estimate of drug-likeness (QED) is 0.724. The van der Waals surface area contributed by atoms with E-state index in [1.54, 1.807) is 12.3 Å². The summed E-state index contributed by atoms with van der Waals surface area (Å²) in [5.41, 5.74) is 4.40. The minimum Gasteiger partial charge on any atom is -0.344 e. The molecule has 0 saturated heterocycles. The highest BCUT2D eigenvalue weighted by atomic mass is 16.2. The van der Waals surface area contributed by atoms with Gasteiger partial charge in [-0.25, -0.2) is 0 Å². The first-order valence-electron chi connectivity index (χ1n) is 8.03. The van der Waals surface area contributed by atoms with E-state index in [9.17, 15) is 9.59 Å². The van der Waals surface area contributed by atoms with Gasteiger partial charge in [-0.3, -0.25) is 14.6 Å². The minimum atomic E-state index is -0.706. The number of aryl methyl sites for hydroxylation is 2. The zero-order chi connectivity index (χ0) is 17.8. The molecule has 0 unspecified atom stereocenters. The van der Waals surface area contributed by atoms with Crippen LogP contribution in [0, 0.1) is 13.8 Å². The Morgan fingerprint density at radius 3 is 2.60 bits per heavy atom. The van der Waals surface area contributed by atoms with Gasteiger partial charge in [-0.15, -0.1) is 0 Å². The van der Waals surface area contributed by atoms with Crippen molar-refractivity contribution in [3.63, 3.8) is 0 Å². The lowest BCUT2D eigenvalue weighted by molar-refractivity contribution is -0.136. The first kappa shape index (κ1) is 16.6. The lowest BCUT2D eigenvalue weighted by Crippen LogP contribution is -2.35. The molecule has 1 aromatic heterocycles. The second kappa shape index (κ2) is 7.13. The smallest absolute Gasteiger partial charge is 0.313 e. The summed E-state index contributed by atoms with van der Waals surface area (Å²) in [6.07, 6.45) is 1.65. The van der Waals surface area contributed by atoms with Gasteiger partial charge in [0.2, 0.25) is 0 Å². The van der Waals surface area contributed by atoms with Crippen LogP contribution in [0.3, 0.4) is 0 Å². The number of fused-ring (bicyclic) bond motifs is 1. The SMILES string of the molecule is Cc1ccc(CNC(=O)C(=O)Nc2cccc3cccnc23)c(C)c1. The Bertz CT molecular complexity index is 945. The van der Waals surface area contributed by atoms with Crippen molar-refractivity contribution >= 4 is 28.4 Å². The highest BCUT2D eigenvalue weighted by Crippen LogP contribution is 2.20. The summed E-state index contributed by atoms with van der Waals surface area (Å²) in [5.74, 6) is -1.38. The minimum absolute atomic E-state index is 0.312. The van der Waals surface area contributed by atoms with E-state index in [2.05, 4.69) is 15.6 Å². The van der Waals surface area contributed by atoms with Crippen molar-refractivity contribution < 1.29 is 9.59 Å². The zero-order valence-corrected chi connectivity index (χ0v) is 14.2. The number of aromatic nitrogens is 1. The molecule has 0 aliphatic rings. The van der Waals surface area contributed by atoms with Gasteiger partial charge in [0.1, 0.15) is 0 Å². The van der Waals surface area contributed by atoms with Gasteiger partial charge in [-0.05, 0) is 37.1 Å². The van der Waals surface area contributed by atoms with Crippen LogP contribution in [0.1, 0.15) is 16.7 Å². The Hall–Kier alpha value is -3.21. The summed E-state index contributed by atoms with van der Waals surface area (Å²) in [6, 6.07) is 15.1. The van der Waals surface area contributed by atoms with E-state index in [1.165, 1.54) is 0 Å². The maximum atomic E-state index is 12.2. The highest BCUT2D eigenvalue weighted by molar-refractivity contribution is 6.40. The molecule has 0 atom stereocenters. The van der Waals surface area contributed by atoms with Crippen molar-refractivity contribution in [2.24, 2.45) is 0 Å². The fourth-order valence-corrected chi connectivity index (χ4v) is 2.68. The molecule has 0 saturated carbocycles. The molecular weight excluding hydrogens is 314 g/mol. The van der Waals surface area contributed by atoms with Gasteiger partial charge in [-0.1, -0.05) is 42.0 Å². The van der Waals surface area contributed by atoms with Gasteiger partial charge in [0, 0.05) is 18.1 Å². The van der Waals surface area contributed by atoms with Gasteiger partial charge in [0.25, 0.3) is 0 Å². The summed E-state index contributed by atoms with van der Waals surface area (Å²) < 4.78 is 0. The average Bonchev–Trinajstić information content (AvgIpc) is 2.61. The fraction of sp³-hybridized carbons (Fsp3) is 0.150. The summed E-state index contributed by atoms with van der Waals surface area (Å²) in [4.78, 5) is 28.5. The van der Waals surface area contributed by atoms with Crippen LogP contribution in [-0.2, 0) is 16.1 Å². The molecule has 25 heavy (non-hydrogen) atoms. The summed E-state index contributed by atoms with van der Waals surface area (Å²) in [6.45, 7) is 4.31. The number of para-hydroxylation sites is 1. The summed E-state index contributed by atoms with van der Waals surface area (Å²) in [5, 5.41) is 6.19. The molecule has 2 aromatic carbocycles. The molecular formula is C20H19N3O2. The molecule has 0 bridgehead atoms. The standard InChI is InChI=1S/C20H19N3O2/c1-13-8-9-16(14(2)11-13)12-22-19(24)20(25)23-17-7-3-5-15-6-4-10-21-18(15)17/h3-11H,12H2,1-2H3,(H,22,24)(H,23,25). The number of anilines is 1. The van der Waals surface area contributed by atoms with Crippen molar-refractivity contribution in [2.45, 2.75) is 20.4 Å². The topological polar surface area (TPSA) is 71.1 Å². The van der Waals surface area contributed by atoms with E-state index in [0.29, 0.717) is 17.7 Å². The molecule has 5 nitrogen and oxygen atoms in total. The van der Waals surface area contributed by atoms with Crippen molar-refractivity contribution in [2.75, 3.05) is 5.32 Å². The van der Waals surface area contributed by atoms with Gasteiger partial charge < -0.3 is 10.6 Å². The molecule has 0 spiro atoms. The van der Waals surface area contributed by atoms with Crippen molar-refractivity contribution in [1.29, 1.82) is 0 Å². The Kier molecular flexibility index (Phi) is 4.75. The molecule has 0 fully saturated rings. The largest absolute Gasteiger partial charge is 0.344 e. The normalized spacial score (nSPS) is 10.5. The number of hydrogen-bond acceptors (Lipinski definition) is 3. The van der Waals surface area contributed by atoms with E-state index in [-0.39, 0.29) is 0 Å². The van der Waals surface area contributed by atoms with Gasteiger partial charge in [0.15, 0.2) is 0 Å². The van der Waals surface area contributed by atoms with Crippen LogP contribution >= 0.6 is 0 Å². The van der Waals surface area contributed by atoms with Gasteiger partial charge in [-0.2, -0.15) is 0 Å². The Morgan fingerprint density at radius 1 is 1.00 bits per heavy atom. The van der Waals surface area contributed by atoms with E-state index < -0.39 is 11.8 Å². The molecule has 5 heteroatoms. The van der Waals surface area contributed by atoms with Crippen LogP contribution in [-0.4, -0.2) is 16.8 Å². The second-order valence-corrected chi connectivity index (χ2v) is 5.95. The van der Waals surface area contributed by atoms with Crippen molar-refractivity contribution in [1.82, 2.24) is 10.3 Å². The van der Waals surface area contributed by atoms with Crippen LogP contribution < -0.4 is 10.6 Å². The van der Waals surface area contributed by atoms with E-state index in [4.69, 9.17) is 0 Å². The zero-order valence-electron chi connectivity index (χ0n) is 14.2. The average molecular weight is 333 g/mol. The van der Waals surface area contributed by atoms with Crippen molar-refractivity contribution in [3.05, 3.63) is 71.4 Å². The Labute approximate surface area is 146 Å². The maximum Gasteiger partial charge on any atom is 0.313 e. The van der Waals surface area contributed by atoms with Gasteiger partial charge in [0.05, 0.1) is 11.2 Å². The molecule has 126 valence electrons.